The Labute approximate surface area is 214 Å². The third-order valence-corrected chi connectivity index (χ3v) is 14.6. The van der Waals surface area contributed by atoms with Crippen LogP contribution >= 0.6 is 15.9 Å². The number of rotatable bonds is 7. The summed E-state index contributed by atoms with van der Waals surface area (Å²) in [6, 6.07) is 5.16. The van der Waals surface area contributed by atoms with Crippen LogP contribution in [-0.4, -0.2) is 34.2 Å². The summed E-state index contributed by atoms with van der Waals surface area (Å²) in [5.74, 6) is 2.46. The van der Waals surface area contributed by atoms with Crippen molar-refractivity contribution in [3.05, 3.63) is 22.2 Å². The van der Waals surface area contributed by atoms with E-state index >= 15 is 0 Å². The summed E-state index contributed by atoms with van der Waals surface area (Å²) in [6.07, 6.45) is 2.82. The van der Waals surface area contributed by atoms with Crippen LogP contribution in [0, 0.1) is 17.3 Å². The molecule has 6 heteroatoms. The minimum absolute atomic E-state index is 0.0423. The predicted octanol–water partition coefficient (Wildman–Crippen LogP) is 8.53. The van der Waals surface area contributed by atoms with E-state index in [2.05, 4.69) is 102 Å². The number of halogens is 1. The molecule has 0 saturated heterocycles. The molecular formula is C27H49BrO3Si2. The van der Waals surface area contributed by atoms with E-state index in [9.17, 15) is 5.11 Å². The van der Waals surface area contributed by atoms with Crippen molar-refractivity contribution in [1.82, 2.24) is 0 Å². The highest BCUT2D eigenvalue weighted by molar-refractivity contribution is 9.10. The minimum Gasteiger partial charge on any atom is -0.543 e. The van der Waals surface area contributed by atoms with Gasteiger partial charge in [0.15, 0.2) is 0 Å². The van der Waals surface area contributed by atoms with E-state index in [0.717, 1.165) is 46.8 Å². The Kier molecular flexibility index (Phi) is 8.44. The Morgan fingerprint density at radius 2 is 1.64 bits per heavy atom. The second-order valence-corrected chi connectivity index (χ2v) is 25.1. The van der Waals surface area contributed by atoms with Gasteiger partial charge < -0.3 is 14.3 Å². The molecule has 1 aliphatic rings. The van der Waals surface area contributed by atoms with Gasteiger partial charge in [-0.1, -0.05) is 61.2 Å². The molecule has 3 nitrogen and oxygen atoms in total. The third-order valence-electron chi connectivity index (χ3n) is 7.94. The van der Waals surface area contributed by atoms with E-state index in [0.29, 0.717) is 5.92 Å². The van der Waals surface area contributed by atoms with Gasteiger partial charge in [-0.05, 0) is 94.3 Å². The first-order chi connectivity index (χ1) is 14.7. The van der Waals surface area contributed by atoms with Crippen molar-refractivity contribution in [1.29, 1.82) is 0 Å². The smallest absolute Gasteiger partial charge is 0.250 e. The Balaban J connectivity index is 2.59. The highest BCUT2D eigenvalue weighted by atomic mass is 79.9. The van der Waals surface area contributed by atoms with Gasteiger partial charge in [0.2, 0.25) is 8.32 Å². The molecule has 3 atom stereocenters. The first kappa shape index (κ1) is 28.9. The molecule has 1 aliphatic carbocycles. The average Bonchev–Trinajstić information content (AvgIpc) is 2.55. The summed E-state index contributed by atoms with van der Waals surface area (Å²) in [4.78, 5) is 0. The molecule has 1 aromatic rings. The zero-order valence-electron chi connectivity index (χ0n) is 23.3. The molecule has 0 bridgehead atoms. The van der Waals surface area contributed by atoms with E-state index in [-0.39, 0.29) is 16.4 Å². The largest absolute Gasteiger partial charge is 0.543 e. The lowest BCUT2D eigenvalue weighted by atomic mass is 9.57. The second-order valence-electron chi connectivity index (χ2n) is 14.1. The maximum absolute atomic E-state index is 12.2. The maximum atomic E-state index is 12.2. The topological polar surface area (TPSA) is 38.7 Å². The van der Waals surface area contributed by atoms with Crippen LogP contribution in [0.5, 0.6) is 11.5 Å². The minimum atomic E-state index is -2.03. The zero-order valence-corrected chi connectivity index (χ0v) is 26.9. The van der Waals surface area contributed by atoms with Gasteiger partial charge in [-0.15, -0.1) is 0 Å². The summed E-state index contributed by atoms with van der Waals surface area (Å²) in [7, 11) is -1.80. The van der Waals surface area contributed by atoms with E-state index in [1.54, 1.807) is 7.11 Å². The fourth-order valence-corrected chi connectivity index (χ4v) is 9.56. The number of hydrogen-bond acceptors (Lipinski definition) is 3. The summed E-state index contributed by atoms with van der Waals surface area (Å²) in [5, 5.41) is 12.3. The summed E-state index contributed by atoms with van der Waals surface area (Å²) < 4.78 is 13.5. The molecule has 3 unspecified atom stereocenters. The van der Waals surface area contributed by atoms with Crippen LogP contribution in [0.1, 0.15) is 59.9 Å². The molecule has 1 fully saturated rings. The van der Waals surface area contributed by atoms with Gasteiger partial charge in [0.05, 0.1) is 17.2 Å². The summed E-state index contributed by atoms with van der Waals surface area (Å²) in [5.41, 5.74) is 0.544. The Morgan fingerprint density at radius 1 is 1.06 bits per heavy atom. The number of aliphatic hydroxyl groups is 1. The van der Waals surface area contributed by atoms with Crippen LogP contribution in [0.3, 0.4) is 0 Å². The van der Waals surface area contributed by atoms with E-state index in [1.165, 1.54) is 0 Å². The zero-order chi connectivity index (χ0) is 25.6. The van der Waals surface area contributed by atoms with Crippen molar-refractivity contribution in [2.45, 2.75) is 110 Å². The molecule has 0 radical (unpaired) electrons. The fourth-order valence-electron chi connectivity index (χ4n) is 5.80. The summed E-state index contributed by atoms with van der Waals surface area (Å²) >= 11 is 3.68. The van der Waals surface area contributed by atoms with Gasteiger partial charge in [-0.25, -0.2) is 0 Å². The molecule has 33 heavy (non-hydrogen) atoms. The Morgan fingerprint density at radius 3 is 2.12 bits per heavy atom. The van der Waals surface area contributed by atoms with Gasteiger partial charge in [-0.3, -0.25) is 0 Å². The predicted molar refractivity (Wildman–Crippen MR) is 151 cm³/mol. The Bertz CT molecular complexity index is 839. The molecule has 1 aromatic carbocycles. The van der Waals surface area contributed by atoms with Crippen molar-refractivity contribution in [3.63, 3.8) is 0 Å². The maximum Gasteiger partial charge on any atom is 0.250 e. The summed E-state index contributed by atoms with van der Waals surface area (Å²) in [6.45, 7) is 25.6. The van der Waals surface area contributed by atoms with Crippen molar-refractivity contribution in [2.75, 3.05) is 7.11 Å². The second kappa shape index (κ2) is 9.63. The molecule has 0 aromatic heterocycles. The van der Waals surface area contributed by atoms with Gasteiger partial charge in [0, 0.05) is 8.07 Å². The van der Waals surface area contributed by atoms with Gasteiger partial charge in [0.25, 0.3) is 0 Å². The molecule has 0 aliphatic heterocycles. The molecule has 2 rings (SSSR count). The number of hydrogen-bond donors (Lipinski definition) is 1. The van der Waals surface area contributed by atoms with Crippen LogP contribution in [0.15, 0.2) is 16.6 Å². The van der Waals surface area contributed by atoms with E-state index < -0.39 is 22.0 Å². The fraction of sp³-hybridized carbons (Fsp3) is 0.778. The van der Waals surface area contributed by atoms with Gasteiger partial charge in [-0.2, -0.15) is 0 Å². The number of ether oxygens (including phenoxy) is 1. The highest BCUT2D eigenvalue weighted by Crippen LogP contribution is 2.53. The molecule has 1 N–H and O–H groups in total. The van der Waals surface area contributed by atoms with Crippen LogP contribution in [0.25, 0.3) is 0 Å². The van der Waals surface area contributed by atoms with E-state index in [4.69, 9.17) is 9.16 Å². The van der Waals surface area contributed by atoms with Crippen LogP contribution in [0.2, 0.25) is 43.8 Å². The van der Waals surface area contributed by atoms with Crippen LogP contribution < -0.4 is 9.16 Å². The molecule has 0 amide bonds. The molecule has 1 saturated carbocycles. The normalized spacial score (nSPS) is 26.2. The van der Waals surface area contributed by atoms with Gasteiger partial charge >= 0.3 is 0 Å². The molecular weight excluding hydrogens is 508 g/mol. The molecule has 0 spiro atoms. The lowest BCUT2D eigenvalue weighted by Crippen LogP contribution is -2.55. The number of methoxy groups -OCH3 is 1. The monoisotopic (exact) mass is 556 g/mol. The molecule has 0 heterocycles. The first-order valence-corrected chi connectivity index (χ1v) is 19.9. The highest BCUT2D eigenvalue weighted by Gasteiger charge is 2.52. The van der Waals surface area contributed by atoms with Crippen LogP contribution in [-0.2, 0) is 6.42 Å². The van der Waals surface area contributed by atoms with Crippen molar-refractivity contribution >= 4 is 32.3 Å². The Hall–Kier alpha value is -0.306. The average molecular weight is 558 g/mol. The standard InChI is InChI=1S/C27H49BrO3Si2/c1-19-16-26(5,6)24(27(29,17-19)18-32(8,9)10)14-20-13-23(30-7)21(28)15-22(20)31-33(11,12)25(2,3)4/h13,15,19,24,29H,14,16-18H2,1-12H3. The molecule has 190 valence electrons. The van der Waals surface area contributed by atoms with Crippen molar-refractivity contribution in [2.24, 2.45) is 17.3 Å². The number of benzene rings is 1. The van der Waals surface area contributed by atoms with Crippen molar-refractivity contribution < 1.29 is 14.3 Å². The van der Waals surface area contributed by atoms with Gasteiger partial charge in [0.1, 0.15) is 11.5 Å². The third kappa shape index (κ3) is 6.89. The lowest BCUT2D eigenvalue weighted by Gasteiger charge is -2.54. The van der Waals surface area contributed by atoms with E-state index in [1.807, 2.05) is 0 Å². The first-order valence-electron chi connectivity index (χ1n) is 12.5. The lowest BCUT2D eigenvalue weighted by molar-refractivity contribution is -0.106. The SMILES string of the molecule is COc1cc(CC2C(C)(C)CC(C)CC2(O)C[Si](C)(C)C)c(O[Si](C)(C)C(C)(C)C)cc1Br. The van der Waals surface area contributed by atoms with Crippen LogP contribution in [0.4, 0.5) is 0 Å². The quantitative estimate of drug-likeness (QED) is 0.342. The van der Waals surface area contributed by atoms with Crippen molar-refractivity contribution in [3.8, 4) is 11.5 Å².